The topological polar surface area (TPSA) is 50.7 Å². The molecule has 0 spiro atoms. The van der Waals surface area contributed by atoms with Crippen LogP contribution >= 0.6 is 0 Å². The molecule has 20 heavy (non-hydrogen) atoms. The number of carbonyl (C=O) groups excluding carboxylic acids is 1. The van der Waals surface area contributed by atoms with Crippen molar-refractivity contribution in [2.24, 2.45) is 4.99 Å². The summed E-state index contributed by atoms with van der Waals surface area (Å²) in [5.74, 6) is 0.869. The highest BCUT2D eigenvalue weighted by atomic mass is 16.5. The zero-order valence-corrected chi connectivity index (χ0v) is 11.8. The van der Waals surface area contributed by atoms with E-state index in [9.17, 15) is 4.79 Å². The number of rotatable bonds is 3. The lowest BCUT2D eigenvalue weighted by molar-refractivity contribution is -0.120. The molecule has 1 saturated heterocycles. The molecule has 1 unspecified atom stereocenters. The van der Waals surface area contributed by atoms with Crippen LogP contribution in [0.1, 0.15) is 31.7 Å². The summed E-state index contributed by atoms with van der Waals surface area (Å²) in [5.41, 5.74) is 1.03. The van der Waals surface area contributed by atoms with E-state index in [0.29, 0.717) is 13.2 Å². The maximum absolute atomic E-state index is 12.0. The number of nitrogens with zero attached hydrogens (tertiary/aromatic N) is 1. The predicted molar refractivity (Wildman–Crippen MR) is 77.8 cm³/mol. The Morgan fingerprint density at radius 1 is 1.30 bits per heavy atom. The van der Waals surface area contributed by atoms with Gasteiger partial charge in [-0.25, -0.2) is 0 Å². The fraction of sp³-hybridized carbons (Fsp3) is 0.500. The van der Waals surface area contributed by atoms with E-state index in [4.69, 9.17) is 4.74 Å². The maximum Gasteiger partial charge on any atom is 0.250 e. The minimum atomic E-state index is -0.228. The molecule has 3 rings (SSSR count). The number of carbonyl (C=O) groups is 1. The first-order chi connectivity index (χ1) is 9.76. The summed E-state index contributed by atoms with van der Waals surface area (Å²) in [6, 6.07) is 10.1. The number of benzene rings is 1. The number of aliphatic imine (C=N–C) groups is 1. The van der Waals surface area contributed by atoms with Crippen molar-refractivity contribution in [2.45, 2.75) is 37.6 Å². The lowest BCUT2D eigenvalue weighted by atomic mass is 9.73. The van der Waals surface area contributed by atoms with Crippen LogP contribution in [0.15, 0.2) is 35.3 Å². The summed E-state index contributed by atoms with van der Waals surface area (Å²) in [6.45, 7) is 3.41. The van der Waals surface area contributed by atoms with Crippen LogP contribution in [-0.2, 0) is 14.9 Å². The van der Waals surface area contributed by atoms with Gasteiger partial charge in [-0.1, -0.05) is 37.3 Å². The second kappa shape index (κ2) is 5.37. The van der Waals surface area contributed by atoms with Gasteiger partial charge >= 0.3 is 0 Å². The molecule has 0 radical (unpaired) electrons. The van der Waals surface area contributed by atoms with Gasteiger partial charge in [-0.2, -0.15) is 0 Å². The van der Waals surface area contributed by atoms with Crippen molar-refractivity contribution in [3.8, 4) is 0 Å². The van der Waals surface area contributed by atoms with Gasteiger partial charge in [0.05, 0.1) is 5.41 Å². The van der Waals surface area contributed by atoms with Crippen LogP contribution in [0, 0.1) is 0 Å². The second-order valence-corrected chi connectivity index (χ2v) is 5.45. The summed E-state index contributed by atoms with van der Waals surface area (Å²) in [7, 11) is 0. The van der Waals surface area contributed by atoms with Crippen LogP contribution in [0.4, 0.5) is 0 Å². The molecule has 2 aliphatic rings. The van der Waals surface area contributed by atoms with Crippen molar-refractivity contribution < 1.29 is 9.53 Å². The molecule has 0 aliphatic carbocycles. The van der Waals surface area contributed by atoms with Gasteiger partial charge in [0.2, 0.25) is 5.91 Å². The fourth-order valence-corrected chi connectivity index (χ4v) is 3.11. The van der Waals surface area contributed by atoms with E-state index < -0.39 is 0 Å². The minimum absolute atomic E-state index is 0.0318. The molecule has 4 heteroatoms. The van der Waals surface area contributed by atoms with E-state index in [0.717, 1.165) is 25.1 Å². The van der Waals surface area contributed by atoms with Crippen LogP contribution < -0.4 is 5.32 Å². The van der Waals surface area contributed by atoms with Gasteiger partial charge in [-0.3, -0.25) is 9.79 Å². The number of amidine groups is 1. The SMILES string of the molecule is CCC1N=C(C2(c3ccccc3)CCOCC2)NC1=O. The molecule has 106 valence electrons. The molecule has 2 heterocycles. The fourth-order valence-electron chi connectivity index (χ4n) is 3.11. The maximum atomic E-state index is 12.0. The van der Waals surface area contributed by atoms with E-state index in [1.54, 1.807) is 0 Å². The molecular weight excluding hydrogens is 252 g/mol. The number of hydrogen-bond acceptors (Lipinski definition) is 3. The molecule has 1 N–H and O–H groups in total. The van der Waals surface area contributed by atoms with Gasteiger partial charge in [0, 0.05) is 13.2 Å². The number of hydrogen-bond donors (Lipinski definition) is 1. The Bertz CT molecular complexity index is 519. The molecule has 1 atom stereocenters. The van der Waals surface area contributed by atoms with Crippen LogP contribution in [0.5, 0.6) is 0 Å². The summed E-state index contributed by atoms with van der Waals surface area (Å²) < 4.78 is 5.52. The zero-order chi connectivity index (χ0) is 14.0. The van der Waals surface area contributed by atoms with Crippen molar-refractivity contribution >= 4 is 11.7 Å². The monoisotopic (exact) mass is 272 g/mol. The Hall–Kier alpha value is -1.68. The van der Waals surface area contributed by atoms with Crippen LogP contribution in [-0.4, -0.2) is 31.0 Å². The van der Waals surface area contributed by atoms with Crippen LogP contribution in [0.2, 0.25) is 0 Å². The van der Waals surface area contributed by atoms with Gasteiger partial charge in [-0.15, -0.1) is 0 Å². The zero-order valence-electron chi connectivity index (χ0n) is 11.8. The van der Waals surface area contributed by atoms with E-state index >= 15 is 0 Å². The Balaban J connectivity index is 2.01. The Kier molecular flexibility index (Phi) is 3.57. The molecular formula is C16H20N2O2. The normalized spacial score (nSPS) is 25.1. The molecule has 1 amide bonds. The van der Waals surface area contributed by atoms with Crippen molar-refractivity contribution in [3.63, 3.8) is 0 Å². The van der Waals surface area contributed by atoms with Gasteiger partial charge < -0.3 is 10.1 Å². The molecule has 0 aromatic heterocycles. The summed E-state index contributed by atoms with van der Waals surface area (Å²) in [6.07, 6.45) is 2.48. The molecule has 1 aromatic rings. The average Bonchev–Trinajstić information content (AvgIpc) is 2.90. The Morgan fingerprint density at radius 2 is 2.00 bits per heavy atom. The van der Waals surface area contributed by atoms with Gasteiger partial charge in [-0.05, 0) is 24.8 Å². The Morgan fingerprint density at radius 3 is 2.60 bits per heavy atom. The molecule has 4 nitrogen and oxygen atoms in total. The van der Waals surface area contributed by atoms with E-state index in [1.165, 1.54) is 5.56 Å². The highest BCUT2D eigenvalue weighted by Crippen LogP contribution is 2.37. The third-order valence-corrected chi connectivity index (χ3v) is 4.34. The second-order valence-electron chi connectivity index (χ2n) is 5.45. The molecule has 0 saturated carbocycles. The minimum Gasteiger partial charge on any atom is -0.381 e. The smallest absolute Gasteiger partial charge is 0.250 e. The number of ether oxygens (including phenoxy) is 1. The van der Waals surface area contributed by atoms with Crippen molar-refractivity contribution in [1.82, 2.24) is 5.32 Å². The summed E-state index contributed by atoms with van der Waals surface area (Å²) in [4.78, 5) is 16.6. The van der Waals surface area contributed by atoms with Crippen molar-refractivity contribution in [2.75, 3.05) is 13.2 Å². The lowest BCUT2D eigenvalue weighted by Crippen LogP contribution is -2.47. The van der Waals surface area contributed by atoms with Crippen molar-refractivity contribution in [1.29, 1.82) is 0 Å². The van der Waals surface area contributed by atoms with E-state index in [2.05, 4.69) is 22.4 Å². The summed E-state index contributed by atoms with van der Waals surface area (Å²) in [5, 5.41) is 3.02. The first-order valence-electron chi connectivity index (χ1n) is 7.29. The molecule has 0 bridgehead atoms. The van der Waals surface area contributed by atoms with Crippen LogP contribution in [0.25, 0.3) is 0 Å². The first-order valence-corrected chi connectivity index (χ1v) is 7.29. The highest BCUT2D eigenvalue weighted by Gasteiger charge is 2.43. The lowest BCUT2D eigenvalue weighted by Gasteiger charge is -2.37. The van der Waals surface area contributed by atoms with Crippen LogP contribution in [0.3, 0.4) is 0 Å². The average molecular weight is 272 g/mol. The quantitative estimate of drug-likeness (QED) is 0.915. The van der Waals surface area contributed by atoms with Gasteiger partial charge in [0.25, 0.3) is 0 Å². The van der Waals surface area contributed by atoms with Crippen molar-refractivity contribution in [3.05, 3.63) is 35.9 Å². The molecule has 1 fully saturated rings. The number of nitrogens with one attached hydrogen (secondary N) is 1. The highest BCUT2D eigenvalue weighted by molar-refractivity contribution is 6.10. The predicted octanol–water partition coefficient (Wildman–Crippen LogP) is 2.04. The van der Waals surface area contributed by atoms with E-state index in [-0.39, 0.29) is 17.4 Å². The van der Waals surface area contributed by atoms with Gasteiger partial charge in [0.1, 0.15) is 11.9 Å². The standard InChI is InChI=1S/C16H20N2O2/c1-2-13-14(19)18-15(17-13)16(8-10-20-11-9-16)12-6-4-3-5-7-12/h3-7,13H,2,8-11H2,1H3,(H,17,18,19). The number of amides is 1. The third-order valence-electron chi connectivity index (χ3n) is 4.34. The van der Waals surface area contributed by atoms with E-state index in [1.807, 2.05) is 25.1 Å². The first kappa shape index (κ1) is 13.3. The Labute approximate surface area is 119 Å². The molecule has 2 aliphatic heterocycles. The van der Waals surface area contributed by atoms with Gasteiger partial charge in [0.15, 0.2) is 0 Å². The summed E-state index contributed by atoms with van der Waals surface area (Å²) >= 11 is 0. The largest absolute Gasteiger partial charge is 0.381 e. The molecule has 1 aromatic carbocycles. The third kappa shape index (κ3) is 2.14.